The summed E-state index contributed by atoms with van der Waals surface area (Å²) < 4.78 is 19.8. The monoisotopic (exact) mass is 416 g/mol. The van der Waals surface area contributed by atoms with Gasteiger partial charge in [-0.3, -0.25) is 0 Å². The summed E-state index contributed by atoms with van der Waals surface area (Å²) >= 11 is 0. The molecule has 3 aromatic carbocycles. The van der Waals surface area contributed by atoms with E-state index >= 15 is 0 Å². The van der Waals surface area contributed by atoms with Gasteiger partial charge in [-0.25, -0.2) is 4.98 Å². The van der Waals surface area contributed by atoms with Crippen LogP contribution in [0.3, 0.4) is 0 Å². The molecule has 4 rings (SSSR count). The lowest BCUT2D eigenvalue weighted by Crippen LogP contribution is -2.11. The van der Waals surface area contributed by atoms with Crippen LogP contribution in [0.2, 0.25) is 0 Å². The van der Waals surface area contributed by atoms with E-state index in [4.69, 9.17) is 19.2 Å². The molecule has 160 valence electrons. The zero-order valence-corrected chi connectivity index (χ0v) is 18.3. The SMILES string of the molecule is COc1ccccc1OCc1nc2ccccc2n1CCCOc1c(C)cccc1C. The minimum atomic E-state index is 0.368. The largest absolute Gasteiger partial charge is 0.493 e. The Hall–Kier alpha value is -3.47. The number of methoxy groups -OCH3 is 1. The van der Waals surface area contributed by atoms with Crippen molar-refractivity contribution >= 4 is 11.0 Å². The third kappa shape index (κ3) is 4.66. The number of ether oxygens (including phenoxy) is 3. The molecule has 0 amide bonds. The summed E-state index contributed by atoms with van der Waals surface area (Å²) in [5.74, 6) is 3.30. The maximum Gasteiger partial charge on any atom is 0.161 e. The first-order valence-electron chi connectivity index (χ1n) is 10.6. The number of imidazole rings is 1. The number of aromatic nitrogens is 2. The molecule has 0 radical (unpaired) electrons. The number of aryl methyl sites for hydroxylation is 3. The summed E-state index contributed by atoms with van der Waals surface area (Å²) in [6.07, 6.45) is 0.871. The third-order valence-electron chi connectivity index (χ3n) is 5.34. The van der Waals surface area contributed by atoms with Gasteiger partial charge in [0.15, 0.2) is 11.5 Å². The van der Waals surface area contributed by atoms with Crippen LogP contribution < -0.4 is 14.2 Å². The molecular weight excluding hydrogens is 388 g/mol. The number of rotatable bonds is 9. The van der Waals surface area contributed by atoms with Gasteiger partial charge in [-0.05, 0) is 55.7 Å². The number of para-hydroxylation sites is 5. The third-order valence-corrected chi connectivity index (χ3v) is 5.34. The summed E-state index contributed by atoms with van der Waals surface area (Å²) in [4.78, 5) is 4.80. The van der Waals surface area contributed by atoms with Gasteiger partial charge in [-0.1, -0.05) is 42.5 Å². The molecule has 0 aliphatic heterocycles. The lowest BCUT2D eigenvalue weighted by atomic mass is 10.1. The van der Waals surface area contributed by atoms with E-state index in [1.54, 1.807) is 7.11 Å². The Balaban J connectivity index is 1.47. The zero-order valence-electron chi connectivity index (χ0n) is 18.3. The number of fused-ring (bicyclic) bond motifs is 1. The average Bonchev–Trinajstić information content (AvgIpc) is 3.14. The highest BCUT2D eigenvalue weighted by atomic mass is 16.5. The second kappa shape index (κ2) is 9.56. The summed E-state index contributed by atoms with van der Waals surface area (Å²) in [6, 6.07) is 22.1. The van der Waals surface area contributed by atoms with Crippen molar-refractivity contribution in [2.24, 2.45) is 0 Å². The van der Waals surface area contributed by atoms with E-state index in [1.165, 1.54) is 11.1 Å². The van der Waals surface area contributed by atoms with Crippen molar-refractivity contribution in [1.82, 2.24) is 9.55 Å². The second-order valence-corrected chi connectivity index (χ2v) is 7.53. The first-order valence-corrected chi connectivity index (χ1v) is 10.6. The van der Waals surface area contributed by atoms with Crippen LogP contribution in [-0.4, -0.2) is 23.3 Å². The quantitative estimate of drug-likeness (QED) is 0.328. The molecular formula is C26H28N2O3. The van der Waals surface area contributed by atoms with Crippen molar-refractivity contribution in [3.63, 3.8) is 0 Å². The van der Waals surface area contributed by atoms with Crippen LogP contribution in [0.4, 0.5) is 0 Å². The molecule has 0 fully saturated rings. The smallest absolute Gasteiger partial charge is 0.161 e. The highest BCUT2D eigenvalue weighted by Crippen LogP contribution is 2.27. The van der Waals surface area contributed by atoms with Gasteiger partial charge >= 0.3 is 0 Å². The number of hydrogen-bond donors (Lipinski definition) is 0. The van der Waals surface area contributed by atoms with Crippen LogP contribution in [0.1, 0.15) is 23.4 Å². The molecule has 0 spiro atoms. The van der Waals surface area contributed by atoms with Crippen molar-refractivity contribution in [3.8, 4) is 17.2 Å². The minimum Gasteiger partial charge on any atom is -0.493 e. The fourth-order valence-electron chi connectivity index (χ4n) is 3.79. The van der Waals surface area contributed by atoms with E-state index in [2.05, 4.69) is 42.7 Å². The summed E-state index contributed by atoms with van der Waals surface area (Å²) in [7, 11) is 1.65. The Kier molecular flexibility index (Phi) is 6.41. The van der Waals surface area contributed by atoms with Crippen LogP contribution in [0.25, 0.3) is 11.0 Å². The van der Waals surface area contributed by atoms with E-state index < -0.39 is 0 Å². The van der Waals surface area contributed by atoms with Gasteiger partial charge in [-0.2, -0.15) is 0 Å². The molecule has 0 saturated heterocycles. The van der Waals surface area contributed by atoms with Crippen LogP contribution in [-0.2, 0) is 13.2 Å². The Morgan fingerprint density at radius 3 is 2.29 bits per heavy atom. The summed E-state index contributed by atoms with van der Waals surface area (Å²) in [5, 5.41) is 0. The normalized spacial score (nSPS) is 10.9. The van der Waals surface area contributed by atoms with Gasteiger partial charge in [0, 0.05) is 6.54 Å². The number of benzene rings is 3. The Labute approximate surface area is 183 Å². The van der Waals surface area contributed by atoms with E-state index in [-0.39, 0.29) is 0 Å². The Bertz CT molecular complexity index is 1150. The van der Waals surface area contributed by atoms with Gasteiger partial charge < -0.3 is 18.8 Å². The number of nitrogens with zero attached hydrogens (tertiary/aromatic N) is 2. The molecule has 5 heteroatoms. The molecule has 1 aromatic heterocycles. The number of hydrogen-bond acceptors (Lipinski definition) is 4. The van der Waals surface area contributed by atoms with Crippen LogP contribution >= 0.6 is 0 Å². The fourth-order valence-corrected chi connectivity index (χ4v) is 3.79. The van der Waals surface area contributed by atoms with Crippen molar-refractivity contribution < 1.29 is 14.2 Å². The second-order valence-electron chi connectivity index (χ2n) is 7.53. The fraction of sp³-hybridized carbons (Fsp3) is 0.269. The van der Waals surface area contributed by atoms with Crippen LogP contribution in [0.5, 0.6) is 17.2 Å². The molecule has 31 heavy (non-hydrogen) atoms. The summed E-state index contributed by atoms with van der Waals surface area (Å²) in [6.45, 7) is 5.98. The highest BCUT2D eigenvalue weighted by Gasteiger charge is 2.12. The first kappa shape index (κ1) is 20.8. The highest BCUT2D eigenvalue weighted by molar-refractivity contribution is 5.75. The molecule has 0 atom stereocenters. The predicted molar refractivity (Wildman–Crippen MR) is 123 cm³/mol. The van der Waals surface area contributed by atoms with Crippen molar-refractivity contribution in [1.29, 1.82) is 0 Å². The standard InChI is InChI=1S/C26H28N2O3/c1-19-10-8-11-20(2)26(19)30-17-9-16-28-22-13-5-4-12-21(22)27-25(28)18-31-24-15-7-6-14-23(24)29-3/h4-8,10-15H,9,16-18H2,1-3H3. The van der Waals surface area contributed by atoms with Gasteiger partial charge in [0.1, 0.15) is 18.2 Å². The maximum atomic E-state index is 6.10. The molecule has 4 aromatic rings. The topological polar surface area (TPSA) is 45.5 Å². The van der Waals surface area contributed by atoms with Crippen LogP contribution in [0, 0.1) is 13.8 Å². The molecule has 1 heterocycles. The molecule has 0 bridgehead atoms. The van der Waals surface area contributed by atoms with E-state index in [0.29, 0.717) is 24.7 Å². The molecule has 0 aliphatic carbocycles. The van der Waals surface area contributed by atoms with Gasteiger partial charge in [0.25, 0.3) is 0 Å². The van der Waals surface area contributed by atoms with Crippen molar-refractivity contribution in [2.45, 2.75) is 33.4 Å². The zero-order chi connectivity index (χ0) is 21.6. The lowest BCUT2D eigenvalue weighted by molar-refractivity contribution is 0.267. The van der Waals surface area contributed by atoms with Gasteiger partial charge in [0.2, 0.25) is 0 Å². The molecule has 0 aliphatic rings. The van der Waals surface area contributed by atoms with Crippen LogP contribution in [0.15, 0.2) is 66.7 Å². The molecule has 0 saturated carbocycles. The van der Waals surface area contributed by atoms with Crippen molar-refractivity contribution in [3.05, 3.63) is 83.7 Å². The molecule has 0 unspecified atom stereocenters. The first-order chi connectivity index (χ1) is 15.2. The van der Waals surface area contributed by atoms with Gasteiger partial charge in [0.05, 0.1) is 24.8 Å². The maximum absolute atomic E-state index is 6.10. The predicted octanol–water partition coefficient (Wildman–Crippen LogP) is 5.71. The van der Waals surface area contributed by atoms with Crippen molar-refractivity contribution in [2.75, 3.05) is 13.7 Å². The summed E-state index contributed by atoms with van der Waals surface area (Å²) in [5.41, 5.74) is 4.41. The Morgan fingerprint density at radius 2 is 1.52 bits per heavy atom. The Morgan fingerprint density at radius 1 is 0.806 bits per heavy atom. The van der Waals surface area contributed by atoms with E-state index in [1.807, 2.05) is 42.5 Å². The minimum absolute atomic E-state index is 0.368. The van der Waals surface area contributed by atoms with E-state index in [9.17, 15) is 0 Å². The average molecular weight is 417 g/mol. The lowest BCUT2D eigenvalue weighted by Gasteiger charge is -2.14. The molecule has 0 N–H and O–H groups in total. The molecule has 5 nitrogen and oxygen atoms in total. The van der Waals surface area contributed by atoms with E-state index in [0.717, 1.165) is 35.6 Å². The van der Waals surface area contributed by atoms with Gasteiger partial charge in [-0.15, -0.1) is 0 Å².